The number of nitrogens with zero attached hydrogens (tertiary/aromatic N) is 1. The maximum Gasteiger partial charge on any atom is 0.387 e. The Morgan fingerprint density at radius 2 is 2.14 bits per heavy atom. The van der Waals surface area contributed by atoms with E-state index in [2.05, 4.69) is 32.1 Å². The number of hydrogen-bond acceptors (Lipinski definition) is 4. The Balaban J connectivity index is 2.60. The third-order valence-electron chi connectivity index (χ3n) is 2.72. The smallest absolute Gasteiger partial charge is 0.387 e. The molecule has 0 spiro atoms. The van der Waals surface area contributed by atoms with Crippen molar-refractivity contribution in [1.82, 2.24) is 5.32 Å². The topological polar surface area (TPSA) is 54.3 Å². The van der Waals surface area contributed by atoms with Gasteiger partial charge in [-0.3, -0.25) is 0 Å². The molecule has 0 saturated carbocycles. The third-order valence-corrected chi connectivity index (χ3v) is 3.31. The van der Waals surface area contributed by atoms with E-state index in [0.29, 0.717) is 17.4 Å². The van der Waals surface area contributed by atoms with Gasteiger partial charge in [0.1, 0.15) is 0 Å². The van der Waals surface area contributed by atoms with E-state index in [1.807, 2.05) is 0 Å². The summed E-state index contributed by atoms with van der Waals surface area (Å²) in [5.74, 6) is 0.247. The molecule has 0 aliphatic rings. The summed E-state index contributed by atoms with van der Waals surface area (Å²) in [7, 11) is 1.40. The highest BCUT2D eigenvalue weighted by molar-refractivity contribution is 9.10. The van der Waals surface area contributed by atoms with Gasteiger partial charge in [-0.2, -0.15) is 14.0 Å². The summed E-state index contributed by atoms with van der Waals surface area (Å²) in [6.07, 6.45) is 2.33. The summed E-state index contributed by atoms with van der Waals surface area (Å²) in [5, 5.41) is 11.6. The van der Waals surface area contributed by atoms with Crippen molar-refractivity contribution in [2.45, 2.75) is 32.4 Å². The van der Waals surface area contributed by atoms with Crippen LogP contribution in [0.2, 0.25) is 0 Å². The number of nitrogens with one attached hydrogen (secondary N) is 1. The molecule has 1 aromatic carbocycles. The van der Waals surface area contributed by atoms with Gasteiger partial charge in [-0.1, -0.05) is 0 Å². The standard InChI is InChI=1S/C14H17BrF2N2O2/c1-20-12-8-10(9-19-6-4-2-3-5-18)7-11(15)13(12)21-14(16)17/h7-8,14,19H,2-4,6,9H2,1H3. The van der Waals surface area contributed by atoms with Gasteiger partial charge in [-0.25, -0.2) is 0 Å². The zero-order valence-electron chi connectivity index (χ0n) is 11.7. The van der Waals surface area contributed by atoms with Gasteiger partial charge in [0.05, 0.1) is 17.7 Å². The molecular weight excluding hydrogens is 346 g/mol. The Morgan fingerprint density at radius 3 is 2.76 bits per heavy atom. The van der Waals surface area contributed by atoms with Gasteiger partial charge in [0.25, 0.3) is 0 Å². The number of halogens is 3. The van der Waals surface area contributed by atoms with Crippen LogP contribution in [0.15, 0.2) is 16.6 Å². The van der Waals surface area contributed by atoms with Crippen LogP contribution in [0.4, 0.5) is 8.78 Å². The maximum atomic E-state index is 12.3. The van der Waals surface area contributed by atoms with Crippen LogP contribution in [0.1, 0.15) is 24.8 Å². The Morgan fingerprint density at radius 1 is 1.38 bits per heavy atom. The summed E-state index contributed by atoms with van der Waals surface area (Å²) in [6, 6.07) is 5.46. The summed E-state index contributed by atoms with van der Waals surface area (Å²) in [5.41, 5.74) is 0.889. The van der Waals surface area contributed by atoms with Crippen LogP contribution < -0.4 is 14.8 Å². The van der Waals surface area contributed by atoms with Crippen molar-refractivity contribution >= 4 is 15.9 Å². The lowest BCUT2D eigenvalue weighted by molar-refractivity contribution is -0.0517. The fraction of sp³-hybridized carbons (Fsp3) is 0.500. The molecule has 0 aliphatic heterocycles. The molecule has 0 unspecified atom stereocenters. The van der Waals surface area contributed by atoms with Gasteiger partial charge in [-0.05, 0) is 53.0 Å². The van der Waals surface area contributed by atoms with E-state index in [-0.39, 0.29) is 11.5 Å². The molecule has 0 amide bonds. The largest absolute Gasteiger partial charge is 0.493 e. The molecule has 0 fully saturated rings. The minimum Gasteiger partial charge on any atom is -0.493 e. The molecule has 0 radical (unpaired) electrons. The van der Waals surface area contributed by atoms with E-state index in [0.717, 1.165) is 24.9 Å². The second-order valence-electron chi connectivity index (χ2n) is 4.28. The van der Waals surface area contributed by atoms with Crippen molar-refractivity contribution in [2.75, 3.05) is 13.7 Å². The first-order valence-electron chi connectivity index (χ1n) is 6.47. The summed E-state index contributed by atoms with van der Waals surface area (Å²) in [4.78, 5) is 0. The summed E-state index contributed by atoms with van der Waals surface area (Å²) >= 11 is 3.21. The van der Waals surface area contributed by atoms with E-state index in [4.69, 9.17) is 10.00 Å². The van der Waals surface area contributed by atoms with Gasteiger partial charge in [0.15, 0.2) is 11.5 Å². The van der Waals surface area contributed by atoms with Crippen molar-refractivity contribution < 1.29 is 18.3 Å². The van der Waals surface area contributed by atoms with Crippen molar-refractivity contribution in [2.24, 2.45) is 0 Å². The Hall–Kier alpha value is -1.39. The predicted molar refractivity (Wildman–Crippen MR) is 78.5 cm³/mol. The number of hydrogen-bond donors (Lipinski definition) is 1. The number of rotatable bonds is 9. The molecule has 116 valence electrons. The SMILES string of the molecule is COc1cc(CNCCCCC#N)cc(Br)c1OC(F)F. The van der Waals surface area contributed by atoms with Crippen LogP contribution in [0.3, 0.4) is 0 Å². The number of benzene rings is 1. The summed E-state index contributed by atoms with van der Waals surface area (Å²) in [6.45, 7) is -1.53. The van der Waals surface area contributed by atoms with Gasteiger partial charge in [0.2, 0.25) is 0 Å². The van der Waals surface area contributed by atoms with E-state index in [1.165, 1.54) is 7.11 Å². The van der Waals surface area contributed by atoms with E-state index in [1.54, 1.807) is 12.1 Å². The maximum absolute atomic E-state index is 12.3. The minimum atomic E-state index is -2.90. The van der Waals surface area contributed by atoms with Crippen molar-refractivity contribution in [3.63, 3.8) is 0 Å². The molecule has 1 N–H and O–H groups in total. The lowest BCUT2D eigenvalue weighted by Crippen LogP contribution is -2.15. The Kier molecular flexibility index (Phi) is 8.01. The van der Waals surface area contributed by atoms with Crippen molar-refractivity contribution in [1.29, 1.82) is 5.26 Å². The molecule has 0 heterocycles. The van der Waals surface area contributed by atoms with Gasteiger partial charge in [-0.15, -0.1) is 0 Å². The number of ether oxygens (including phenoxy) is 2. The zero-order valence-corrected chi connectivity index (χ0v) is 13.3. The van der Waals surface area contributed by atoms with Gasteiger partial charge in [0, 0.05) is 13.0 Å². The molecule has 0 atom stereocenters. The summed E-state index contributed by atoms with van der Waals surface area (Å²) < 4.78 is 34.6. The number of nitriles is 1. The lowest BCUT2D eigenvalue weighted by atomic mass is 10.2. The average molecular weight is 363 g/mol. The first-order valence-corrected chi connectivity index (χ1v) is 7.26. The van der Waals surface area contributed by atoms with Crippen LogP contribution in [0.5, 0.6) is 11.5 Å². The fourth-order valence-corrected chi connectivity index (χ4v) is 2.35. The van der Waals surface area contributed by atoms with Crippen LogP contribution in [-0.2, 0) is 6.54 Å². The highest BCUT2D eigenvalue weighted by Gasteiger charge is 2.15. The molecule has 0 aliphatic carbocycles. The highest BCUT2D eigenvalue weighted by atomic mass is 79.9. The Bertz CT molecular complexity index is 493. The monoisotopic (exact) mass is 362 g/mol. The second-order valence-corrected chi connectivity index (χ2v) is 5.13. The van der Waals surface area contributed by atoms with Crippen LogP contribution in [0.25, 0.3) is 0 Å². The van der Waals surface area contributed by atoms with Crippen LogP contribution in [-0.4, -0.2) is 20.3 Å². The zero-order chi connectivity index (χ0) is 15.7. The molecule has 1 aromatic rings. The van der Waals surface area contributed by atoms with E-state index < -0.39 is 6.61 Å². The van der Waals surface area contributed by atoms with Crippen molar-refractivity contribution in [3.05, 3.63) is 22.2 Å². The van der Waals surface area contributed by atoms with E-state index in [9.17, 15) is 8.78 Å². The van der Waals surface area contributed by atoms with Gasteiger partial charge < -0.3 is 14.8 Å². The number of methoxy groups -OCH3 is 1. The van der Waals surface area contributed by atoms with Crippen LogP contribution in [0, 0.1) is 11.3 Å². The van der Waals surface area contributed by atoms with E-state index >= 15 is 0 Å². The Labute approximate surface area is 131 Å². The van der Waals surface area contributed by atoms with Gasteiger partial charge >= 0.3 is 6.61 Å². The molecule has 1 rings (SSSR count). The lowest BCUT2D eigenvalue weighted by Gasteiger charge is -2.14. The molecule has 0 aromatic heterocycles. The molecular formula is C14H17BrF2N2O2. The molecule has 0 saturated heterocycles. The fourth-order valence-electron chi connectivity index (χ4n) is 1.77. The first-order chi connectivity index (χ1) is 10.1. The van der Waals surface area contributed by atoms with Crippen LogP contribution >= 0.6 is 15.9 Å². The quantitative estimate of drug-likeness (QED) is 0.678. The first kappa shape index (κ1) is 17.7. The number of alkyl halides is 2. The highest BCUT2D eigenvalue weighted by Crippen LogP contribution is 2.37. The molecule has 0 bridgehead atoms. The molecule has 4 nitrogen and oxygen atoms in total. The minimum absolute atomic E-state index is 0.00901. The van der Waals surface area contributed by atoms with Crippen molar-refractivity contribution in [3.8, 4) is 17.6 Å². The molecule has 7 heteroatoms. The normalized spacial score (nSPS) is 10.5. The average Bonchev–Trinajstić information content (AvgIpc) is 2.44. The number of unbranched alkanes of at least 4 members (excludes halogenated alkanes) is 2. The molecule has 21 heavy (non-hydrogen) atoms. The third kappa shape index (κ3) is 6.27. The predicted octanol–water partition coefficient (Wildman–Crippen LogP) is 3.84. The second kappa shape index (κ2) is 9.53.